The zero-order chi connectivity index (χ0) is 12.3. The van der Waals surface area contributed by atoms with Gasteiger partial charge in [0.1, 0.15) is 11.6 Å². The summed E-state index contributed by atoms with van der Waals surface area (Å²) in [6.45, 7) is 0.464. The molecule has 0 unspecified atom stereocenters. The normalized spacial score (nSPS) is 10.5. The first-order valence-electron chi connectivity index (χ1n) is 5.06. The van der Waals surface area contributed by atoms with Crippen LogP contribution in [0.15, 0.2) is 29.6 Å². The highest BCUT2D eigenvalue weighted by Crippen LogP contribution is 2.28. The lowest BCUT2D eigenvalue weighted by atomic mass is 10.3. The van der Waals surface area contributed by atoms with Crippen molar-refractivity contribution in [2.45, 2.75) is 6.42 Å². The number of benzene rings is 1. The van der Waals surface area contributed by atoms with Crippen LogP contribution in [0, 0.1) is 5.82 Å². The SMILES string of the molecule is Nc1cc(Cl)c(F)cc1OCCc1cccs1. The molecule has 0 saturated carbocycles. The van der Waals surface area contributed by atoms with Crippen molar-refractivity contribution in [1.29, 1.82) is 0 Å². The molecule has 90 valence electrons. The van der Waals surface area contributed by atoms with Crippen LogP contribution in [0.4, 0.5) is 10.1 Å². The third-order valence-corrected chi connectivity index (χ3v) is 3.46. The van der Waals surface area contributed by atoms with Crippen LogP contribution in [0.3, 0.4) is 0 Å². The summed E-state index contributed by atoms with van der Waals surface area (Å²) in [5.41, 5.74) is 6.03. The zero-order valence-corrected chi connectivity index (χ0v) is 10.5. The standard InChI is InChI=1S/C12H11ClFNOS/c13-9-6-11(15)12(7-10(9)14)16-4-3-8-2-1-5-17-8/h1-2,5-7H,3-4,15H2. The van der Waals surface area contributed by atoms with E-state index >= 15 is 0 Å². The molecule has 2 nitrogen and oxygen atoms in total. The van der Waals surface area contributed by atoms with Gasteiger partial charge in [0.15, 0.2) is 0 Å². The molecule has 0 aliphatic heterocycles. The minimum absolute atomic E-state index is 0.00751. The summed E-state index contributed by atoms with van der Waals surface area (Å²) < 4.78 is 18.6. The highest BCUT2D eigenvalue weighted by atomic mass is 35.5. The molecule has 17 heavy (non-hydrogen) atoms. The zero-order valence-electron chi connectivity index (χ0n) is 8.95. The molecule has 5 heteroatoms. The predicted octanol–water partition coefficient (Wildman–Crippen LogP) is 3.74. The van der Waals surface area contributed by atoms with E-state index in [1.807, 2.05) is 17.5 Å². The Balaban J connectivity index is 1.97. The lowest BCUT2D eigenvalue weighted by Gasteiger charge is -2.09. The van der Waals surface area contributed by atoms with Crippen molar-refractivity contribution in [1.82, 2.24) is 0 Å². The Morgan fingerprint density at radius 2 is 2.24 bits per heavy atom. The predicted molar refractivity (Wildman–Crippen MR) is 69.3 cm³/mol. The van der Waals surface area contributed by atoms with Gasteiger partial charge < -0.3 is 10.5 Å². The fraction of sp³-hybridized carbons (Fsp3) is 0.167. The summed E-state index contributed by atoms with van der Waals surface area (Å²) in [6, 6.07) is 6.58. The van der Waals surface area contributed by atoms with Gasteiger partial charge in [-0.1, -0.05) is 17.7 Å². The van der Waals surface area contributed by atoms with Gasteiger partial charge in [0.2, 0.25) is 0 Å². The van der Waals surface area contributed by atoms with Gasteiger partial charge in [-0.05, 0) is 17.5 Å². The van der Waals surface area contributed by atoms with Gasteiger partial charge in [0.25, 0.3) is 0 Å². The van der Waals surface area contributed by atoms with E-state index in [1.54, 1.807) is 11.3 Å². The molecule has 2 rings (SSSR count). The van der Waals surface area contributed by atoms with Gasteiger partial charge >= 0.3 is 0 Å². The maximum Gasteiger partial charge on any atom is 0.145 e. The summed E-state index contributed by atoms with van der Waals surface area (Å²) in [4.78, 5) is 1.22. The first-order valence-corrected chi connectivity index (χ1v) is 6.32. The van der Waals surface area contributed by atoms with Crippen molar-refractivity contribution in [2.24, 2.45) is 0 Å². The van der Waals surface area contributed by atoms with Crippen LogP contribution in [0.2, 0.25) is 5.02 Å². The van der Waals surface area contributed by atoms with Crippen molar-refractivity contribution in [3.8, 4) is 5.75 Å². The van der Waals surface area contributed by atoms with Gasteiger partial charge in [0, 0.05) is 17.4 Å². The van der Waals surface area contributed by atoms with E-state index in [9.17, 15) is 4.39 Å². The van der Waals surface area contributed by atoms with Crippen molar-refractivity contribution in [3.63, 3.8) is 0 Å². The van der Waals surface area contributed by atoms with E-state index in [2.05, 4.69) is 0 Å². The molecule has 0 bridgehead atoms. The Labute approximate surface area is 108 Å². The second-order valence-electron chi connectivity index (χ2n) is 3.48. The number of rotatable bonds is 4. The number of nitrogen functional groups attached to an aromatic ring is 1. The molecule has 1 aromatic carbocycles. The topological polar surface area (TPSA) is 35.2 Å². The number of thiophene rings is 1. The molecule has 0 aliphatic carbocycles. The van der Waals surface area contributed by atoms with E-state index in [1.165, 1.54) is 17.0 Å². The lowest BCUT2D eigenvalue weighted by Crippen LogP contribution is -2.03. The first-order chi connectivity index (χ1) is 8.16. The minimum Gasteiger partial charge on any atom is -0.491 e. The molecule has 0 saturated heterocycles. The highest BCUT2D eigenvalue weighted by molar-refractivity contribution is 7.09. The smallest absolute Gasteiger partial charge is 0.145 e. The lowest BCUT2D eigenvalue weighted by molar-refractivity contribution is 0.323. The van der Waals surface area contributed by atoms with E-state index in [0.717, 1.165) is 6.42 Å². The molecule has 2 N–H and O–H groups in total. The fourth-order valence-electron chi connectivity index (χ4n) is 1.39. The molecular weight excluding hydrogens is 261 g/mol. The monoisotopic (exact) mass is 271 g/mol. The van der Waals surface area contributed by atoms with Gasteiger partial charge in [-0.25, -0.2) is 4.39 Å². The van der Waals surface area contributed by atoms with Gasteiger partial charge in [0.05, 0.1) is 17.3 Å². The van der Waals surface area contributed by atoms with Crippen LogP contribution in [0.25, 0.3) is 0 Å². The Hall–Kier alpha value is -1.26. The number of hydrogen-bond acceptors (Lipinski definition) is 3. The minimum atomic E-state index is -0.521. The fourth-order valence-corrected chi connectivity index (χ4v) is 2.25. The summed E-state index contributed by atoms with van der Waals surface area (Å²) in [5, 5.41) is 2.01. The number of anilines is 1. The maximum atomic E-state index is 13.2. The second kappa shape index (κ2) is 5.38. The highest BCUT2D eigenvalue weighted by Gasteiger charge is 2.07. The molecule has 0 atom stereocenters. The van der Waals surface area contributed by atoms with Crippen molar-refractivity contribution in [3.05, 3.63) is 45.4 Å². The quantitative estimate of drug-likeness (QED) is 0.860. The Kier molecular flexibility index (Phi) is 3.86. The summed E-state index contributed by atoms with van der Waals surface area (Å²) in [6.07, 6.45) is 0.779. The number of halogens is 2. The molecular formula is C12H11ClFNOS. The van der Waals surface area contributed by atoms with E-state index < -0.39 is 5.82 Å². The molecule has 0 fully saturated rings. The van der Waals surface area contributed by atoms with Crippen LogP contribution in [-0.2, 0) is 6.42 Å². The third-order valence-electron chi connectivity index (χ3n) is 2.24. The van der Waals surface area contributed by atoms with E-state index in [0.29, 0.717) is 18.0 Å². The molecule has 0 amide bonds. The van der Waals surface area contributed by atoms with Gasteiger partial charge in [-0.3, -0.25) is 0 Å². The summed E-state index contributed by atoms with van der Waals surface area (Å²) >= 11 is 7.25. The molecule has 0 spiro atoms. The van der Waals surface area contributed by atoms with Crippen LogP contribution in [0.5, 0.6) is 5.75 Å². The van der Waals surface area contributed by atoms with E-state index in [-0.39, 0.29) is 5.02 Å². The number of ether oxygens (including phenoxy) is 1. The van der Waals surface area contributed by atoms with Crippen LogP contribution >= 0.6 is 22.9 Å². The molecule has 0 radical (unpaired) electrons. The largest absolute Gasteiger partial charge is 0.491 e. The first kappa shape index (κ1) is 12.2. The Bertz CT molecular complexity index is 501. The van der Waals surface area contributed by atoms with Crippen molar-refractivity contribution in [2.75, 3.05) is 12.3 Å². The molecule has 1 heterocycles. The van der Waals surface area contributed by atoms with Crippen LogP contribution < -0.4 is 10.5 Å². The average Bonchev–Trinajstić information content (AvgIpc) is 2.78. The van der Waals surface area contributed by atoms with Crippen molar-refractivity contribution >= 4 is 28.6 Å². The summed E-state index contributed by atoms with van der Waals surface area (Å²) in [7, 11) is 0. The number of hydrogen-bond donors (Lipinski definition) is 1. The Morgan fingerprint density at radius 1 is 1.41 bits per heavy atom. The Morgan fingerprint density at radius 3 is 2.94 bits per heavy atom. The second-order valence-corrected chi connectivity index (χ2v) is 4.92. The molecule has 0 aliphatic rings. The molecule has 2 aromatic rings. The van der Waals surface area contributed by atoms with Crippen LogP contribution in [0.1, 0.15) is 4.88 Å². The molecule has 1 aromatic heterocycles. The van der Waals surface area contributed by atoms with Crippen LogP contribution in [-0.4, -0.2) is 6.61 Å². The third kappa shape index (κ3) is 3.11. The number of nitrogens with two attached hydrogens (primary N) is 1. The van der Waals surface area contributed by atoms with Gasteiger partial charge in [-0.15, -0.1) is 11.3 Å². The maximum absolute atomic E-state index is 13.2. The van der Waals surface area contributed by atoms with Gasteiger partial charge in [-0.2, -0.15) is 0 Å². The summed E-state index contributed by atoms with van der Waals surface area (Å²) in [5.74, 6) is -0.185. The van der Waals surface area contributed by atoms with E-state index in [4.69, 9.17) is 22.1 Å². The average molecular weight is 272 g/mol. The van der Waals surface area contributed by atoms with Crippen molar-refractivity contribution < 1.29 is 9.13 Å².